The Labute approximate surface area is 220 Å². The number of benzene rings is 3. The van der Waals surface area contributed by atoms with Crippen LogP contribution in [0.5, 0.6) is 0 Å². The van der Waals surface area contributed by atoms with Crippen molar-refractivity contribution in [1.29, 1.82) is 0 Å². The molecule has 0 bridgehead atoms. The van der Waals surface area contributed by atoms with Crippen LogP contribution in [0, 0.1) is 11.7 Å². The second-order valence-corrected chi connectivity index (χ2v) is 9.55. The minimum absolute atomic E-state index is 0.310. The summed E-state index contributed by atoms with van der Waals surface area (Å²) in [6, 6.07) is 24.8. The van der Waals surface area contributed by atoms with E-state index in [0.717, 1.165) is 69.9 Å². The van der Waals surface area contributed by atoms with Crippen LogP contribution >= 0.6 is 11.6 Å². The molecule has 1 N–H and O–H groups in total. The van der Waals surface area contributed by atoms with Gasteiger partial charge in [0, 0.05) is 18.5 Å². The SMILES string of the molecule is O=C(O)/C=C/c1ccc(/C(=C(\c2ccc(F)cc2Cl)C2CCC2)c2ccc(-c3ccncc3)cc2)cc1. The molecule has 184 valence electrons. The standard InChI is InChI=1S/C32H25ClFNO2/c33-29-20-27(34)13-14-28(29)32(24-2-1-3-24)31(25-7-4-21(5-8-25)6-15-30(36)37)26-11-9-22(10-12-26)23-16-18-35-19-17-23/h4-20,24H,1-3H2,(H,36,37)/b15-6+,32-31+. The van der Waals surface area contributed by atoms with Crippen molar-refractivity contribution in [3.05, 3.63) is 130 Å². The number of halogens is 2. The molecule has 4 aromatic rings. The highest BCUT2D eigenvalue weighted by atomic mass is 35.5. The van der Waals surface area contributed by atoms with Crippen LogP contribution in [0.4, 0.5) is 4.39 Å². The molecule has 1 aliphatic carbocycles. The van der Waals surface area contributed by atoms with Crippen molar-refractivity contribution in [3.63, 3.8) is 0 Å². The van der Waals surface area contributed by atoms with Crippen molar-refractivity contribution in [2.24, 2.45) is 5.92 Å². The number of carbonyl (C=O) groups is 1. The highest BCUT2D eigenvalue weighted by molar-refractivity contribution is 6.32. The van der Waals surface area contributed by atoms with Gasteiger partial charge in [-0.2, -0.15) is 0 Å². The Bertz CT molecular complexity index is 1470. The predicted molar refractivity (Wildman–Crippen MR) is 147 cm³/mol. The molecule has 3 aromatic carbocycles. The molecule has 0 unspecified atom stereocenters. The molecule has 1 heterocycles. The average Bonchev–Trinajstić information content (AvgIpc) is 2.88. The number of hydrogen-bond donors (Lipinski definition) is 1. The number of aromatic nitrogens is 1. The first kappa shape index (κ1) is 24.7. The minimum atomic E-state index is -0.989. The Morgan fingerprint density at radius 1 is 0.892 bits per heavy atom. The van der Waals surface area contributed by atoms with E-state index < -0.39 is 5.97 Å². The van der Waals surface area contributed by atoms with Crippen LogP contribution < -0.4 is 0 Å². The first-order valence-electron chi connectivity index (χ1n) is 12.2. The topological polar surface area (TPSA) is 50.2 Å². The zero-order valence-corrected chi connectivity index (χ0v) is 20.8. The lowest BCUT2D eigenvalue weighted by Crippen LogP contribution is -2.15. The third kappa shape index (κ3) is 5.55. The van der Waals surface area contributed by atoms with Crippen molar-refractivity contribution in [2.75, 3.05) is 0 Å². The first-order chi connectivity index (χ1) is 18.0. The van der Waals surface area contributed by atoms with E-state index in [9.17, 15) is 9.18 Å². The molecule has 1 fully saturated rings. The zero-order chi connectivity index (χ0) is 25.8. The number of pyridine rings is 1. The fourth-order valence-electron chi connectivity index (χ4n) is 4.74. The van der Waals surface area contributed by atoms with E-state index in [2.05, 4.69) is 29.2 Å². The van der Waals surface area contributed by atoms with Gasteiger partial charge in [0.25, 0.3) is 0 Å². The van der Waals surface area contributed by atoms with Crippen molar-refractivity contribution >= 4 is 34.8 Å². The first-order valence-corrected chi connectivity index (χ1v) is 12.6. The molecule has 0 spiro atoms. The van der Waals surface area contributed by atoms with E-state index in [1.54, 1.807) is 24.5 Å². The van der Waals surface area contributed by atoms with Crippen LogP contribution in [0.15, 0.2) is 97.3 Å². The van der Waals surface area contributed by atoms with E-state index >= 15 is 0 Å². The molecular weight excluding hydrogens is 485 g/mol. The normalized spacial score (nSPS) is 14.3. The summed E-state index contributed by atoms with van der Waals surface area (Å²) in [5.41, 5.74) is 8.00. The van der Waals surface area contributed by atoms with Crippen molar-refractivity contribution < 1.29 is 14.3 Å². The summed E-state index contributed by atoms with van der Waals surface area (Å²) >= 11 is 6.62. The van der Waals surface area contributed by atoms with Crippen LogP contribution in [0.1, 0.15) is 41.5 Å². The number of hydrogen-bond acceptors (Lipinski definition) is 2. The molecule has 37 heavy (non-hydrogen) atoms. The zero-order valence-electron chi connectivity index (χ0n) is 20.1. The van der Waals surface area contributed by atoms with Gasteiger partial charge in [-0.1, -0.05) is 72.6 Å². The summed E-state index contributed by atoms with van der Waals surface area (Å²) in [5.74, 6) is -1.04. The van der Waals surface area contributed by atoms with E-state index in [-0.39, 0.29) is 5.82 Å². The van der Waals surface area contributed by atoms with Gasteiger partial charge in [0.05, 0.1) is 5.02 Å². The molecule has 0 saturated heterocycles. The van der Waals surface area contributed by atoms with Crippen LogP contribution in [-0.2, 0) is 4.79 Å². The van der Waals surface area contributed by atoms with Gasteiger partial charge in [0.2, 0.25) is 0 Å². The summed E-state index contributed by atoms with van der Waals surface area (Å²) in [6.07, 6.45) is 9.48. The quantitative estimate of drug-likeness (QED) is 0.201. The summed E-state index contributed by atoms with van der Waals surface area (Å²) in [5, 5.41) is 9.37. The minimum Gasteiger partial charge on any atom is -0.478 e. The molecule has 0 aliphatic heterocycles. The summed E-state index contributed by atoms with van der Waals surface area (Å²) in [6.45, 7) is 0. The lowest BCUT2D eigenvalue weighted by Gasteiger charge is -2.32. The molecule has 3 nitrogen and oxygen atoms in total. The Morgan fingerprint density at radius 2 is 1.51 bits per heavy atom. The smallest absolute Gasteiger partial charge is 0.328 e. The second-order valence-electron chi connectivity index (χ2n) is 9.15. The molecule has 0 atom stereocenters. The van der Waals surface area contributed by atoms with Crippen molar-refractivity contribution in [3.8, 4) is 11.1 Å². The maximum atomic E-state index is 14.0. The average molecular weight is 510 g/mol. The molecular formula is C32H25ClFNO2. The van der Waals surface area contributed by atoms with Gasteiger partial charge in [-0.15, -0.1) is 0 Å². The molecule has 1 aliphatic rings. The molecule has 5 heteroatoms. The predicted octanol–water partition coefficient (Wildman–Crippen LogP) is 8.40. The number of allylic oxidation sites excluding steroid dienone is 1. The van der Waals surface area contributed by atoms with Crippen molar-refractivity contribution in [1.82, 2.24) is 4.98 Å². The van der Waals surface area contributed by atoms with E-state index in [4.69, 9.17) is 16.7 Å². The second kappa shape index (κ2) is 10.9. The third-order valence-corrected chi connectivity index (χ3v) is 7.12. The van der Waals surface area contributed by atoms with Gasteiger partial charge in [-0.25, -0.2) is 9.18 Å². The van der Waals surface area contributed by atoms with E-state index in [1.807, 2.05) is 36.4 Å². The Morgan fingerprint density at radius 3 is 2.08 bits per heavy atom. The summed E-state index contributed by atoms with van der Waals surface area (Å²) in [4.78, 5) is 15.1. The maximum Gasteiger partial charge on any atom is 0.328 e. The summed E-state index contributed by atoms with van der Waals surface area (Å²) in [7, 11) is 0. The molecule has 0 radical (unpaired) electrons. The van der Waals surface area contributed by atoms with Crippen LogP contribution in [0.2, 0.25) is 5.02 Å². The highest BCUT2D eigenvalue weighted by Crippen LogP contribution is 2.47. The fourth-order valence-corrected chi connectivity index (χ4v) is 5.01. The third-order valence-electron chi connectivity index (χ3n) is 6.81. The highest BCUT2D eigenvalue weighted by Gasteiger charge is 2.28. The van der Waals surface area contributed by atoms with Crippen LogP contribution in [-0.4, -0.2) is 16.1 Å². The van der Waals surface area contributed by atoms with E-state index in [0.29, 0.717) is 10.9 Å². The molecule has 1 aromatic heterocycles. The largest absolute Gasteiger partial charge is 0.478 e. The molecule has 1 saturated carbocycles. The number of carboxylic acid groups (broad SMARTS) is 1. The maximum absolute atomic E-state index is 14.0. The van der Waals surface area contributed by atoms with Crippen LogP contribution in [0.25, 0.3) is 28.3 Å². The van der Waals surface area contributed by atoms with Gasteiger partial charge in [0.15, 0.2) is 0 Å². The fraction of sp³-hybridized carbons (Fsp3) is 0.125. The van der Waals surface area contributed by atoms with E-state index in [1.165, 1.54) is 12.1 Å². The molecule has 5 rings (SSSR count). The van der Waals surface area contributed by atoms with Crippen LogP contribution in [0.3, 0.4) is 0 Å². The lowest BCUT2D eigenvalue weighted by molar-refractivity contribution is -0.131. The summed E-state index contributed by atoms with van der Waals surface area (Å²) < 4.78 is 14.0. The van der Waals surface area contributed by atoms with Gasteiger partial charge < -0.3 is 5.11 Å². The Kier molecular flexibility index (Phi) is 7.29. The van der Waals surface area contributed by atoms with Crippen molar-refractivity contribution in [2.45, 2.75) is 19.3 Å². The monoisotopic (exact) mass is 509 g/mol. The van der Waals surface area contributed by atoms with Gasteiger partial charge >= 0.3 is 5.97 Å². The number of carboxylic acids is 1. The van der Waals surface area contributed by atoms with Gasteiger partial charge in [-0.3, -0.25) is 4.98 Å². The van der Waals surface area contributed by atoms with Gasteiger partial charge in [0.1, 0.15) is 5.82 Å². The van der Waals surface area contributed by atoms with Gasteiger partial charge in [-0.05, 0) is 93.6 Å². The number of rotatable bonds is 7. The lowest BCUT2D eigenvalue weighted by atomic mass is 9.73. The Balaban J connectivity index is 1.69. The Hall–Kier alpha value is -4.02. The number of aliphatic carboxylic acids is 1. The number of nitrogens with zero attached hydrogens (tertiary/aromatic N) is 1. The molecule has 0 amide bonds.